The van der Waals surface area contributed by atoms with E-state index in [4.69, 9.17) is 4.98 Å². The first kappa shape index (κ1) is 20.2. The number of rotatable bonds is 5. The number of carbonyl (C=O) groups excluding carboxylic acids is 1. The standard InChI is InChI=1S/C28H22N2OS/c1-19-17-22(20(2)30(19)23-13-7-4-8-14-23)18-24(27(31)21-11-5-3-6-12-21)28-29-25-15-9-10-16-26(25)32-28/h3-18H,1-2H3. The van der Waals surface area contributed by atoms with Crippen LogP contribution in [0.2, 0.25) is 0 Å². The summed E-state index contributed by atoms with van der Waals surface area (Å²) in [5.74, 6) is -0.0193. The lowest BCUT2D eigenvalue weighted by Crippen LogP contribution is -2.03. The zero-order chi connectivity index (χ0) is 22.1. The highest BCUT2D eigenvalue weighted by Crippen LogP contribution is 2.32. The summed E-state index contributed by atoms with van der Waals surface area (Å²) in [4.78, 5) is 18.4. The number of fused-ring (bicyclic) bond motifs is 1. The van der Waals surface area contributed by atoms with Gasteiger partial charge in [-0.2, -0.15) is 0 Å². The molecule has 0 aliphatic carbocycles. The number of benzene rings is 3. The van der Waals surface area contributed by atoms with Crippen LogP contribution in [0.25, 0.3) is 27.6 Å². The first-order valence-corrected chi connectivity index (χ1v) is 11.4. The average molecular weight is 435 g/mol. The topological polar surface area (TPSA) is 34.9 Å². The summed E-state index contributed by atoms with van der Waals surface area (Å²) in [6, 6.07) is 29.8. The molecule has 0 atom stereocenters. The first-order chi connectivity index (χ1) is 15.6. The maximum absolute atomic E-state index is 13.6. The highest BCUT2D eigenvalue weighted by molar-refractivity contribution is 7.20. The Kier molecular flexibility index (Phi) is 5.29. The molecule has 0 amide bonds. The molecule has 0 aliphatic heterocycles. The van der Waals surface area contributed by atoms with E-state index in [1.807, 2.05) is 78.9 Å². The lowest BCUT2D eigenvalue weighted by Gasteiger charge is -2.09. The number of aromatic nitrogens is 2. The number of Topliss-reactive ketones (excluding diaryl/α,β-unsaturated/α-hetero) is 1. The summed E-state index contributed by atoms with van der Waals surface area (Å²) in [5, 5.41) is 0.740. The van der Waals surface area contributed by atoms with E-state index in [-0.39, 0.29) is 5.78 Å². The van der Waals surface area contributed by atoms with Crippen molar-refractivity contribution in [2.24, 2.45) is 0 Å². The maximum Gasteiger partial charge on any atom is 0.196 e. The largest absolute Gasteiger partial charge is 0.318 e. The molecule has 5 aromatic rings. The van der Waals surface area contributed by atoms with Gasteiger partial charge in [0, 0.05) is 22.6 Å². The predicted molar refractivity (Wildman–Crippen MR) is 134 cm³/mol. The summed E-state index contributed by atoms with van der Waals surface area (Å²) in [6.45, 7) is 4.18. The van der Waals surface area contributed by atoms with Crippen LogP contribution in [0.3, 0.4) is 0 Å². The zero-order valence-corrected chi connectivity index (χ0v) is 18.8. The number of carbonyl (C=O) groups is 1. The quantitative estimate of drug-likeness (QED) is 0.218. The molecule has 0 unspecified atom stereocenters. The molecule has 0 N–H and O–H groups in total. The van der Waals surface area contributed by atoms with Crippen molar-refractivity contribution in [1.29, 1.82) is 0 Å². The molecule has 32 heavy (non-hydrogen) atoms. The van der Waals surface area contributed by atoms with Crippen LogP contribution in [0.1, 0.15) is 32.3 Å². The fraction of sp³-hybridized carbons (Fsp3) is 0.0714. The van der Waals surface area contributed by atoms with Gasteiger partial charge in [0.15, 0.2) is 5.78 Å². The molecule has 4 heteroatoms. The van der Waals surface area contributed by atoms with E-state index in [2.05, 4.69) is 36.6 Å². The van der Waals surface area contributed by atoms with Gasteiger partial charge in [-0.05, 0) is 55.8 Å². The van der Waals surface area contributed by atoms with E-state index in [1.54, 1.807) is 11.3 Å². The molecule has 3 nitrogen and oxygen atoms in total. The Bertz CT molecular complexity index is 1410. The van der Waals surface area contributed by atoms with Crippen LogP contribution >= 0.6 is 11.3 Å². The SMILES string of the molecule is Cc1cc(C=C(C(=O)c2ccccc2)c2nc3ccccc3s2)c(C)n1-c1ccccc1. The van der Waals surface area contributed by atoms with Gasteiger partial charge in [0.25, 0.3) is 0 Å². The number of para-hydroxylation sites is 2. The molecule has 0 saturated heterocycles. The molecule has 2 aromatic heterocycles. The van der Waals surface area contributed by atoms with Crippen molar-refractivity contribution in [3.05, 3.63) is 119 Å². The first-order valence-electron chi connectivity index (χ1n) is 10.5. The Balaban J connectivity index is 1.68. The van der Waals surface area contributed by atoms with Crippen LogP contribution in [-0.2, 0) is 0 Å². The summed E-state index contributed by atoms with van der Waals surface area (Å²) in [7, 11) is 0. The van der Waals surface area contributed by atoms with Crippen molar-refractivity contribution in [2.75, 3.05) is 0 Å². The molecule has 0 bridgehead atoms. The molecule has 156 valence electrons. The third-order valence-electron chi connectivity index (χ3n) is 5.59. The van der Waals surface area contributed by atoms with Crippen molar-refractivity contribution in [1.82, 2.24) is 9.55 Å². The van der Waals surface area contributed by atoms with Gasteiger partial charge in [-0.25, -0.2) is 4.98 Å². The second-order valence-electron chi connectivity index (χ2n) is 7.74. The van der Waals surface area contributed by atoms with Crippen LogP contribution < -0.4 is 0 Å². The summed E-state index contributed by atoms with van der Waals surface area (Å²) < 4.78 is 3.29. The van der Waals surface area contributed by atoms with Gasteiger partial charge in [-0.1, -0.05) is 60.7 Å². The summed E-state index contributed by atoms with van der Waals surface area (Å²) in [6.07, 6.45) is 1.99. The fourth-order valence-corrected chi connectivity index (χ4v) is 5.00. The average Bonchev–Trinajstić information content (AvgIpc) is 3.38. The van der Waals surface area contributed by atoms with Crippen LogP contribution in [0.15, 0.2) is 91.0 Å². The van der Waals surface area contributed by atoms with E-state index in [0.717, 1.165) is 37.9 Å². The zero-order valence-electron chi connectivity index (χ0n) is 17.9. The van der Waals surface area contributed by atoms with Gasteiger partial charge in [0.2, 0.25) is 0 Å². The van der Waals surface area contributed by atoms with E-state index in [9.17, 15) is 4.79 Å². The number of nitrogens with zero attached hydrogens (tertiary/aromatic N) is 2. The lowest BCUT2D eigenvalue weighted by molar-refractivity contribution is 0.105. The maximum atomic E-state index is 13.6. The van der Waals surface area contributed by atoms with Crippen LogP contribution in [0.4, 0.5) is 0 Å². The molecule has 3 aromatic carbocycles. The molecular weight excluding hydrogens is 412 g/mol. The molecule has 2 heterocycles. The van der Waals surface area contributed by atoms with E-state index in [0.29, 0.717) is 11.1 Å². The number of hydrogen-bond donors (Lipinski definition) is 0. The van der Waals surface area contributed by atoms with Gasteiger partial charge in [-0.3, -0.25) is 4.79 Å². The Morgan fingerprint density at radius 2 is 1.53 bits per heavy atom. The normalized spacial score (nSPS) is 11.8. The van der Waals surface area contributed by atoms with Crippen LogP contribution in [-0.4, -0.2) is 15.3 Å². The number of hydrogen-bond acceptors (Lipinski definition) is 3. The molecule has 0 fully saturated rings. The number of aryl methyl sites for hydroxylation is 1. The predicted octanol–water partition coefficient (Wildman–Crippen LogP) is 7.13. The van der Waals surface area contributed by atoms with Gasteiger partial charge in [0.05, 0.1) is 15.8 Å². The van der Waals surface area contributed by atoms with Gasteiger partial charge < -0.3 is 4.57 Å². The van der Waals surface area contributed by atoms with Crippen LogP contribution in [0.5, 0.6) is 0 Å². The van der Waals surface area contributed by atoms with Crippen molar-refractivity contribution in [3.63, 3.8) is 0 Å². The third kappa shape index (κ3) is 3.70. The fourth-order valence-electron chi connectivity index (χ4n) is 4.02. The minimum absolute atomic E-state index is 0.0193. The second-order valence-corrected chi connectivity index (χ2v) is 8.77. The molecule has 0 radical (unpaired) electrons. The smallest absolute Gasteiger partial charge is 0.196 e. The van der Waals surface area contributed by atoms with Crippen molar-refractivity contribution in [3.8, 4) is 5.69 Å². The van der Waals surface area contributed by atoms with Gasteiger partial charge in [-0.15, -0.1) is 11.3 Å². The van der Waals surface area contributed by atoms with Gasteiger partial charge in [0.1, 0.15) is 5.01 Å². The molecule has 0 saturated carbocycles. The Hall–Kier alpha value is -3.76. The molecule has 0 aliphatic rings. The monoisotopic (exact) mass is 434 g/mol. The third-order valence-corrected chi connectivity index (χ3v) is 6.66. The number of thiazole rings is 1. The van der Waals surface area contributed by atoms with Crippen molar-refractivity contribution < 1.29 is 4.79 Å². The van der Waals surface area contributed by atoms with E-state index in [1.165, 1.54) is 0 Å². The number of allylic oxidation sites excluding steroid dienone is 1. The Morgan fingerprint density at radius 3 is 2.25 bits per heavy atom. The molecule has 5 rings (SSSR count). The van der Waals surface area contributed by atoms with E-state index >= 15 is 0 Å². The molecule has 0 spiro atoms. The minimum Gasteiger partial charge on any atom is -0.318 e. The molecular formula is C28H22N2OS. The highest BCUT2D eigenvalue weighted by Gasteiger charge is 2.20. The lowest BCUT2D eigenvalue weighted by atomic mass is 10.0. The Morgan fingerprint density at radius 1 is 0.875 bits per heavy atom. The van der Waals surface area contributed by atoms with E-state index < -0.39 is 0 Å². The summed E-state index contributed by atoms with van der Waals surface area (Å²) >= 11 is 1.55. The van der Waals surface area contributed by atoms with Crippen molar-refractivity contribution in [2.45, 2.75) is 13.8 Å². The highest BCUT2D eigenvalue weighted by atomic mass is 32.1. The van der Waals surface area contributed by atoms with Crippen LogP contribution in [0, 0.1) is 13.8 Å². The Labute approximate surface area is 191 Å². The summed E-state index contributed by atoms with van der Waals surface area (Å²) in [5.41, 5.74) is 6.53. The minimum atomic E-state index is -0.0193. The van der Waals surface area contributed by atoms with Gasteiger partial charge >= 0.3 is 0 Å². The number of ketones is 1. The second kappa shape index (κ2) is 8.40. The van der Waals surface area contributed by atoms with Crippen molar-refractivity contribution >= 4 is 39.0 Å².